The lowest BCUT2D eigenvalue weighted by atomic mass is 9.96. The molecule has 0 saturated carbocycles. The van der Waals surface area contributed by atoms with Crippen molar-refractivity contribution < 1.29 is 27.8 Å². The number of aromatic nitrogens is 3. The zero-order valence-electron chi connectivity index (χ0n) is 26.8. The Hall–Kier alpha value is -5.25. The topological polar surface area (TPSA) is 78.7 Å². The van der Waals surface area contributed by atoms with Gasteiger partial charge in [0, 0.05) is 31.6 Å². The van der Waals surface area contributed by atoms with Gasteiger partial charge in [0.15, 0.2) is 5.82 Å². The summed E-state index contributed by atoms with van der Waals surface area (Å²) in [6, 6.07) is 24.1. The molecule has 2 aromatic heterocycles. The molecule has 242 valence electrons. The molecule has 47 heavy (non-hydrogen) atoms. The maximum atomic E-state index is 16.3. The number of hydrogen-bond acceptors (Lipinski definition) is 6. The van der Waals surface area contributed by atoms with Crippen LogP contribution >= 0.6 is 0 Å². The van der Waals surface area contributed by atoms with E-state index in [1.165, 1.54) is 15.6 Å². The van der Waals surface area contributed by atoms with Gasteiger partial charge in [-0.05, 0) is 56.0 Å². The summed E-state index contributed by atoms with van der Waals surface area (Å²) >= 11 is 0. The normalized spacial score (nSPS) is 13.4. The van der Waals surface area contributed by atoms with Crippen molar-refractivity contribution in [3.8, 4) is 23.0 Å². The van der Waals surface area contributed by atoms with Gasteiger partial charge in [-0.3, -0.25) is 4.68 Å². The van der Waals surface area contributed by atoms with E-state index in [1.807, 2.05) is 60.7 Å². The minimum Gasteiger partial charge on any atom is -0.473 e. The molecule has 8 nitrogen and oxygen atoms in total. The molecule has 0 aliphatic carbocycles. The van der Waals surface area contributed by atoms with Crippen molar-refractivity contribution in [3.05, 3.63) is 113 Å². The van der Waals surface area contributed by atoms with Crippen LogP contribution in [0.5, 0.6) is 11.8 Å². The zero-order valence-corrected chi connectivity index (χ0v) is 26.8. The summed E-state index contributed by atoms with van der Waals surface area (Å²) in [4.78, 5) is 18.7. The summed E-state index contributed by atoms with van der Waals surface area (Å²) in [5.41, 5.74) is 2.56. The van der Waals surface area contributed by atoms with E-state index in [-0.39, 0.29) is 48.5 Å². The molecular formula is C37H36F2N4O4. The highest BCUT2D eigenvalue weighted by Crippen LogP contribution is 2.39. The SMILES string of the molecule is Cn1nc(-c2ccc(OCc3ccccc3)nc2OCc2ccccc2)c2cc(F)c(C3=CCN(C(=O)OC(C)(C)C)CC3)c(F)c21. The Kier molecular flexibility index (Phi) is 8.93. The number of benzene rings is 3. The van der Waals surface area contributed by atoms with Crippen LogP contribution in [0.4, 0.5) is 13.6 Å². The quantitative estimate of drug-likeness (QED) is 0.171. The third-order valence-electron chi connectivity index (χ3n) is 7.74. The summed E-state index contributed by atoms with van der Waals surface area (Å²) in [6.07, 6.45) is 1.48. The maximum absolute atomic E-state index is 16.3. The van der Waals surface area contributed by atoms with Crippen molar-refractivity contribution >= 4 is 22.6 Å². The largest absolute Gasteiger partial charge is 0.473 e. The number of rotatable bonds is 8. The lowest BCUT2D eigenvalue weighted by Gasteiger charge is -2.29. The summed E-state index contributed by atoms with van der Waals surface area (Å²) in [6.45, 7) is 6.37. The van der Waals surface area contributed by atoms with E-state index >= 15 is 8.78 Å². The van der Waals surface area contributed by atoms with Gasteiger partial charge in [0.1, 0.15) is 35.8 Å². The molecule has 0 bridgehead atoms. The number of halogens is 2. The van der Waals surface area contributed by atoms with Crippen LogP contribution in [-0.4, -0.2) is 44.4 Å². The van der Waals surface area contributed by atoms with Crippen molar-refractivity contribution in [2.24, 2.45) is 7.05 Å². The van der Waals surface area contributed by atoms with Gasteiger partial charge in [-0.1, -0.05) is 66.7 Å². The molecule has 3 heterocycles. The molecule has 1 aliphatic heterocycles. The van der Waals surface area contributed by atoms with Crippen molar-refractivity contribution in [2.45, 2.75) is 46.0 Å². The maximum Gasteiger partial charge on any atom is 0.410 e. The lowest BCUT2D eigenvalue weighted by Crippen LogP contribution is -2.39. The highest BCUT2D eigenvalue weighted by atomic mass is 19.1. The minimum atomic E-state index is -0.722. The lowest BCUT2D eigenvalue weighted by molar-refractivity contribution is 0.0270. The number of hydrogen-bond donors (Lipinski definition) is 0. The molecule has 0 saturated heterocycles. The molecule has 6 rings (SSSR count). The first kappa shape index (κ1) is 31.7. The average Bonchev–Trinajstić information content (AvgIpc) is 3.38. The van der Waals surface area contributed by atoms with Crippen LogP contribution < -0.4 is 9.47 Å². The molecular weight excluding hydrogens is 602 g/mol. The number of carbonyl (C=O) groups excluding carboxylic acids is 1. The molecule has 5 aromatic rings. The van der Waals surface area contributed by atoms with Gasteiger partial charge in [-0.25, -0.2) is 13.6 Å². The van der Waals surface area contributed by atoms with Crippen molar-refractivity contribution in [3.63, 3.8) is 0 Å². The van der Waals surface area contributed by atoms with E-state index in [9.17, 15) is 4.79 Å². The van der Waals surface area contributed by atoms with E-state index in [4.69, 9.17) is 14.2 Å². The van der Waals surface area contributed by atoms with Gasteiger partial charge in [-0.15, -0.1) is 0 Å². The third kappa shape index (κ3) is 7.11. The van der Waals surface area contributed by atoms with E-state index in [2.05, 4.69) is 10.1 Å². The Morgan fingerprint density at radius 3 is 2.19 bits per heavy atom. The highest BCUT2D eigenvalue weighted by molar-refractivity contribution is 5.97. The Labute approximate surface area is 272 Å². The smallest absolute Gasteiger partial charge is 0.410 e. The van der Waals surface area contributed by atoms with E-state index in [0.29, 0.717) is 29.3 Å². The number of amides is 1. The van der Waals surface area contributed by atoms with Crippen LogP contribution in [0.15, 0.2) is 84.9 Å². The first-order valence-corrected chi connectivity index (χ1v) is 15.4. The van der Waals surface area contributed by atoms with Gasteiger partial charge in [0.25, 0.3) is 0 Å². The summed E-state index contributed by atoms with van der Waals surface area (Å²) < 4.78 is 51.1. The van der Waals surface area contributed by atoms with Gasteiger partial charge >= 0.3 is 6.09 Å². The molecule has 0 unspecified atom stereocenters. The standard InChI is InChI=1S/C37H36F2N4O4/c1-37(2,3)47-36(44)43-19-17-26(18-20-43)31-29(38)21-28-33(41-42(4)34(28)32(31)39)27-15-16-30(45-22-24-11-7-5-8-12-24)40-35(27)46-23-25-13-9-6-10-14-25/h5-17,21H,18-20,22-23H2,1-4H3. The van der Waals surface area contributed by atoms with Crippen LogP contribution in [0.2, 0.25) is 0 Å². The molecule has 10 heteroatoms. The van der Waals surface area contributed by atoms with Gasteiger partial charge < -0.3 is 19.1 Å². The van der Waals surface area contributed by atoms with Gasteiger partial charge in [0.2, 0.25) is 11.8 Å². The number of carbonyl (C=O) groups is 1. The zero-order chi connectivity index (χ0) is 33.1. The summed E-state index contributed by atoms with van der Waals surface area (Å²) in [5, 5.41) is 4.90. The Morgan fingerprint density at radius 1 is 0.915 bits per heavy atom. The molecule has 0 atom stereocenters. The van der Waals surface area contributed by atoms with E-state index < -0.39 is 23.3 Å². The fourth-order valence-corrected chi connectivity index (χ4v) is 5.49. The first-order chi connectivity index (χ1) is 22.6. The number of nitrogens with zero attached hydrogens (tertiary/aromatic N) is 4. The Bertz CT molecular complexity index is 1940. The van der Waals surface area contributed by atoms with Crippen LogP contribution in [0.25, 0.3) is 27.7 Å². The van der Waals surface area contributed by atoms with Crippen LogP contribution in [0, 0.1) is 11.6 Å². The average molecular weight is 639 g/mol. The molecule has 0 fully saturated rings. The number of pyridine rings is 1. The Morgan fingerprint density at radius 2 is 1.57 bits per heavy atom. The number of aryl methyl sites for hydroxylation is 1. The molecule has 0 N–H and O–H groups in total. The minimum absolute atomic E-state index is 0.126. The fraction of sp³-hybridized carbons (Fsp3) is 0.270. The second-order valence-corrected chi connectivity index (χ2v) is 12.4. The van der Waals surface area contributed by atoms with E-state index in [1.54, 1.807) is 46.0 Å². The molecule has 3 aromatic carbocycles. The van der Waals surface area contributed by atoms with Crippen molar-refractivity contribution in [2.75, 3.05) is 13.1 Å². The highest BCUT2D eigenvalue weighted by Gasteiger charge is 2.28. The van der Waals surface area contributed by atoms with Crippen molar-refractivity contribution in [1.29, 1.82) is 0 Å². The summed E-state index contributed by atoms with van der Waals surface area (Å²) in [5.74, 6) is -0.878. The molecule has 1 amide bonds. The second-order valence-electron chi connectivity index (χ2n) is 12.4. The van der Waals surface area contributed by atoms with Gasteiger partial charge in [0.05, 0.1) is 11.1 Å². The predicted molar refractivity (Wildman–Crippen MR) is 176 cm³/mol. The molecule has 1 aliphatic rings. The Balaban J connectivity index is 1.34. The van der Waals surface area contributed by atoms with Gasteiger partial charge in [-0.2, -0.15) is 10.1 Å². The monoisotopic (exact) mass is 638 g/mol. The predicted octanol–water partition coefficient (Wildman–Crippen LogP) is 8.10. The summed E-state index contributed by atoms with van der Waals surface area (Å²) in [7, 11) is 1.62. The first-order valence-electron chi connectivity index (χ1n) is 15.4. The van der Waals surface area contributed by atoms with Crippen LogP contribution in [-0.2, 0) is 25.0 Å². The number of fused-ring (bicyclic) bond motifs is 1. The molecule has 0 spiro atoms. The second kappa shape index (κ2) is 13.2. The van der Waals surface area contributed by atoms with Crippen molar-refractivity contribution in [1.82, 2.24) is 19.7 Å². The number of ether oxygens (including phenoxy) is 3. The molecule has 0 radical (unpaired) electrons. The fourth-order valence-electron chi connectivity index (χ4n) is 5.49. The third-order valence-corrected chi connectivity index (χ3v) is 7.74. The van der Waals surface area contributed by atoms with Crippen LogP contribution in [0.1, 0.15) is 43.9 Å². The van der Waals surface area contributed by atoms with Crippen LogP contribution in [0.3, 0.4) is 0 Å². The van der Waals surface area contributed by atoms with E-state index in [0.717, 1.165) is 11.1 Å².